The Labute approximate surface area is 212 Å². The van der Waals surface area contributed by atoms with Crippen LogP contribution in [0, 0.1) is 0 Å². The number of anilines is 1. The second-order valence-electron chi connectivity index (χ2n) is 8.38. The summed E-state index contributed by atoms with van der Waals surface area (Å²) in [5, 5.41) is 5.67. The SMILES string of the molecule is CC(=O)Nc1ccc(Cn2c3cc(-c4ccc(Cl)cc4Cl)ccc3c3c(C(N)=O)cccc32)cc1. The van der Waals surface area contributed by atoms with Gasteiger partial charge in [0.15, 0.2) is 0 Å². The van der Waals surface area contributed by atoms with Gasteiger partial charge in [0.1, 0.15) is 0 Å². The number of nitrogens with zero attached hydrogens (tertiary/aromatic N) is 1. The lowest BCUT2D eigenvalue weighted by atomic mass is 10.0. The van der Waals surface area contributed by atoms with Crippen molar-refractivity contribution in [3.05, 3.63) is 100 Å². The number of carbonyl (C=O) groups excluding carboxylic acids is 2. The van der Waals surface area contributed by atoms with E-state index in [0.29, 0.717) is 22.2 Å². The van der Waals surface area contributed by atoms with E-state index in [4.69, 9.17) is 28.9 Å². The largest absolute Gasteiger partial charge is 0.366 e. The number of carbonyl (C=O) groups is 2. The summed E-state index contributed by atoms with van der Waals surface area (Å²) in [7, 11) is 0. The number of fused-ring (bicyclic) bond motifs is 3. The number of nitrogens with two attached hydrogens (primary N) is 1. The van der Waals surface area contributed by atoms with Crippen LogP contribution in [0.2, 0.25) is 10.0 Å². The van der Waals surface area contributed by atoms with Crippen LogP contribution in [0.3, 0.4) is 0 Å². The lowest BCUT2D eigenvalue weighted by Crippen LogP contribution is -2.11. The molecule has 174 valence electrons. The zero-order chi connectivity index (χ0) is 24.7. The van der Waals surface area contributed by atoms with E-state index in [0.717, 1.165) is 44.2 Å². The highest BCUT2D eigenvalue weighted by Crippen LogP contribution is 2.37. The van der Waals surface area contributed by atoms with Gasteiger partial charge in [-0.2, -0.15) is 0 Å². The van der Waals surface area contributed by atoms with E-state index in [-0.39, 0.29) is 5.91 Å². The molecule has 5 aromatic rings. The molecule has 0 aliphatic carbocycles. The predicted molar refractivity (Wildman–Crippen MR) is 143 cm³/mol. The van der Waals surface area contributed by atoms with Crippen molar-refractivity contribution >= 4 is 62.5 Å². The lowest BCUT2D eigenvalue weighted by molar-refractivity contribution is -0.114. The fraction of sp³-hybridized carbons (Fsp3) is 0.0714. The van der Waals surface area contributed by atoms with Crippen molar-refractivity contribution < 1.29 is 9.59 Å². The van der Waals surface area contributed by atoms with Gasteiger partial charge in [0.2, 0.25) is 11.8 Å². The number of halogens is 2. The van der Waals surface area contributed by atoms with Crippen LogP contribution in [-0.4, -0.2) is 16.4 Å². The maximum Gasteiger partial charge on any atom is 0.249 e. The predicted octanol–water partition coefficient (Wildman–Crippen LogP) is 6.87. The topological polar surface area (TPSA) is 77.1 Å². The molecular weight excluding hydrogens is 481 g/mol. The van der Waals surface area contributed by atoms with E-state index in [1.165, 1.54) is 6.92 Å². The monoisotopic (exact) mass is 501 g/mol. The molecule has 2 amide bonds. The van der Waals surface area contributed by atoms with Crippen LogP contribution >= 0.6 is 23.2 Å². The summed E-state index contributed by atoms with van der Waals surface area (Å²) in [5.74, 6) is -0.591. The van der Waals surface area contributed by atoms with Crippen LogP contribution in [0.1, 0.15) is 22.8 Å². The summed E-state index contributed by atoms with van der Waals surface area (Å²) in [6, 6.07) is 24.8. The first-order valence-corrected chi connectivity index (χ1v) is 11.7. The van der Waals surface area contributed by atoms with E-state index >= 15 is 0 Å². The first-order chi connectivity index (χ1) is 16.8. The smallest absolute Gasteiger partial charge is 0.249 e. The molecule has 1 heterocycles. The summed E-state index contributed by atoms with van der Waals surface area (Å²) in [4.78, 5) is 23.6. The fourth-order valence-corrected chi connectivity index (χ4v) is 5.01. The van der Waals surface area contributed by atoms with Gasteiger partial charge in [0.05, 0.1) is 11.0 Å². The van der Waals surface area contributed by atoms with Crippen LogP contribution in [0.25, 0.3) is 32.9 Å². The Hall–Kier alpha value is -3.80. The molecule has 5 nitrogen and oxygen atoms in total. The molecule has 0 saturated heterocycles. The highest BCUT2D eigenvalue weighted by molar-refractivity contribution is 6.36. The Balaban J connectivity index is 1.71. The Morgan fingerprint density at radius 1 is 0.914 bits per heavy atom. The number of aromatic nitrogens is 1. The molecule has 0 aliphatic rings. The lowest BCUT2D eigenvalue weighted by Gasteiger charge is -2.11. The summed E-state index contributed by atoms with van der Waals surface area (Å²) < 4.78 is 2.16. The van der Waals surface area contributed by atoms with Gasteiger partial charge < -0.3 is 15.6 Å². The van der Waals surface area contributed by atoms with Gasteiger partial charge in [0.25, 0.3) is 0 Å². The molecule has 35 heavy (non-hydrogen) atoms. The average Bonchev–Trinajstić information content (AvgIpc) is 3.13. The number of hydrogen-bond acceptors (Lipinski definition) is 2. The molecule has 0 bridgehead atoms. The molecule has 1 aromatic heterocycles. The third kappa shape index (κ3) is 4.36. The zero-order valence-corrected chi connectivity index (χ0v) is 20.3. The molecule has 0 unspecified atom stereocenters. The number of benzene rings is 4. The van der Waals surface area contributed by atoms with Crippen LogP contribution in [0.15, 0.2) is 78.9 Å². The molecule has 0 fully saturated rings. The third-order valence-electron chi connectivity index (χ3n) is 6.01. The van der Waals surface area contributed by atoms with Crippen molar-refractivity contribution in [2.75, 3.05) is 5.32 Å². The van der Waals surface area contributed by atoms with Crippen LogP contribution in [-0.2, 0) is 11.3 Å². The van der Waals surface area contributed by atoms with Crippen molar-refractivity contribution in [3.63, 3.8) is 0 Å². The molecule has 0 aliphatic heterocycles. The fourth-order valence-electron chi connectivity index (χ4n) is 4.49. The molecule has 0 radical (unpaired) electrons. The Kier molecular flexibility index (Phi) is 5.97. The number of hydrogen-bond donors (Lipinski definition) is 2. The quantitative estimate of drug-likeness (QED) is 0.275. The van der Waals surface area contributed by atoms with E-state index in [1.54, 1.807) is 12.1 Å². The molecule has 7 heteroatoms. The number of amides is 2. The van der Waals surface area contributed by atoms with Gasteiger partial charge in [-0.1, -0.05) is 59.6 Å². The molecular formula is C28H21Cl2N3O2. The number of rotatable bonds is 5. The average molecular weight is 502 g/mol. The summed E-state index contributed by atoms with van der Waals surface area (Å²) >= 11 is 12.6. The minimum absolute atomic E-state index is 0.118. The van der Waals surface area contributed by atoms with E-state index < -0.39 is 5.91 Å². The van der Waals surface area contributed by atoms with Gasteiger partial charge in [-0.05, 0) is 53.6 Å². The van der Waals surface area contributed by atoms with E-state index in [1.807, 2.05) is 60.7 Å². The Morgan fingerprint density at radius 2 is 1.69 bits per heavy atom. The van der Waals surface area contributed by atoms with Crippen LogP contribution in [0.5, 0.6) is 0 Å². The van der Waals surface area contributed by atoms with Crippen LogP contribution < -0.4 is 11.1 Å². The molecule has 0 spiro atoms. The molecule has 3 N–H and O–H groups in total. The second kappa shape index (κ2) is 9.10. The Bertz CT molecular complexity index is 1620. The first kappa shape index (κ1) is 23.0. The van der Waals surface area contributed by atoms with Gasteiger partial charge in [-0.25, -0.2) is 0 Å². The minimum atomic E-state index is -0.473. The van der Waals surface area contributed by atoms with Gasteiger partial charge in [-0.3, -0.25) is 9.59 Å². The minimum Gasteiger partial charge on any atom is -0.366 e. The van der Waals surface area contributed by atoms with Gasteiger partial charge in [0, 0.05) is 51.1 Å². The third-order valence-corrected chi connectivity index (χ3v) is 6.56. The summed E-state index contributed by atoms with van der Waals surface area (Å²) in [5.41, 5.74) is 11.6. The van der Waals surface area contributed by atoms with Crippen molar-refractivity contribution in [3.8, 4) is 11.1 Å². The van der Waals surface area contributed by atoms with Crippen molar-refractivity contribution in [2.45, 2.75) is 13.5 Å². The molecule has 5 rings (SSSR count). The maximum absolute atomic E-state index is 12.3. The highest BCUT2D eigenvalue weighted by atomic mass is 35.5. The van der Waals surface area contributed by atoms with Crippen molar-refractivity contribution in [1.29, 1.82) is 0 Å². The maximum atomic E-state index is 12.3. The normalized spacial score (nSPS) is 11.2. The number of nitrogens with one attached hydrogen (secondary N) is 1. The van der Waals surface area contributed by atoms with Crippen LogP contribution in [0.4, 0.5) is 5.69 Å². The van der Waals surface area contributed by atoms with E-state index in [9.17, 15) is 9.59 Å². The van der Waals surface area contributed by atoms with E-state index in [2.05, 4.69) is 16.0 Å². The molecule has 4 aromatic carbocycles. The summed E-state index contributed by atoms with van der Waals surface area (Å²) in [6.07, 6.45) is 0. The first-order valence-electron chi connectivity index (χ1n) is 11.0. The second-order valence-corrected chi connectivity index (χ2v) is 9.23. The molecule has 0 saturated carbocycles. The highest BCUT2D eigenvalue weighted by Gasteiger charge is 2.18. The number of primary amides is 1. The molecule has 0 atom stereocenters. The zero-order valence-electron chi connectivity index (χ0n) is 18.8. The Morgan fingerprint density at radius 3 is 2.37 bits per heavy atom. The summed E-state index contributed by atoms with van der Waals surface area (Å²) in [6.45, 7) is 2.03. The van der Waals surface area contributed by atoms with Crippen molar-refractivity contribution in [2.24, 2.45) is 5.73 Å². The van der Waals surface area contributed by atoms with Gasteiger partial charge >= 0.3 is 0 Å². The van der Waals surface area contributed by atoms with Gasteiger partial charge in [-0.15, -0.1) is 0 Å². The van der Waals surface area contributed by atoms with Crippen molar-refractivity contribution in [1.82, 2.24) is 4.57 Å². The standard InChI is InChI=1S/C28H21Cl2N3O2/c1-16(34)32-20-9-5-17(6-10-20)15-33-25-4-2-3-23(28(31)35)27(25)22-11-7-18(13-26(22)33)21-12-8-19(29)14-24(21)30/h2-14H,15H2,1H3,(H2,31,35)(H,32,34).